The first-order valence-electron chi connectivity index (χ1n) is 25.9. The molecule has 0 amide bonds. The van der Waals surface area contributed by atoms with Crippen LogP contribution in [0.15, 0.2) is 12.4 Å². The van der Waals surface area contributed by atoms with Crippen LogP contribution in [0.2, 0.25) is 0 Å². The van der Waals surface area contributed by atoms with Crippen molar-refractivity contribution in [2.45, 2.75) is 316 Å². The molecule has 0 radical (unpaired) electrons. The second-order valence-electron chi connectivity index (χ2n) is 18.0. The Kier molecular flexibility index (Phi) is 41.1. The van der Waals surface area contributed by atoms with E-state index in [2.05, 4.69) is 42.3 Å². The molecule has 1 heterocycles. The average Bonchev–Trinajstić information content (AvgIpc) is 3.57. The van der Waals surface area contributed by atoms with Gasteiger partial charge in [-0.15, -0.1) is 0 Å². The van der Waals surface area contributed by atoms with Gasteiger partial charge in [0.1, 0.15) is 12.4 Å². The van der Waals surface area contributed by atoms with Crippen molar-refractivity contribution in [3.8, 4) is 0 Å². The van der Waals surface area contributed by atoms with Gasteiger partial charge in [-0.25, -0.2) is 9.13 Å². The van der Waals surface area contributed by atoms with E-state index in [0.717, 1.165) is 0 Å². The van der Waals surface area contributed by atoms with E-state index in [1.165, 1.54) is 296 Å². The van der Waals surface area contributed by atoms with Crippen molar-refractivity contribution >= 4 is 0 Å². The molecule has 0 saturated heterocycles. The van der Waals surface area contributed by atoms with Gasteiger partial charge in [-0.2, -0.15) is 0 Å². The molecule has 0 aliphatic rings. The van der Waals surface area contributed by atoms with E-state index in [9.17, 15) is 0 Å². The van der Waals surface area contributed by atoms with Crippen molar-refractivity contribution in [2.24, 2.45) is 0 Å². The highest BCUT2D eigenvalue weighted by Gasteiger charge is 2.16. The number of unbranched alkanes of at least 4 members (excludes halogenated alkanes) is 40. The minimum atomic E-state index is 1.23. The molecule has 0 unspecified atom stereocenters. The summed E-state index contributed by atoms with van der Waals surface area (Å²) < 4.78 is 5.32. The lowest BCUT2D eigenvalue weighted by molar-refractivity contribution is -0.704. The Morgan fingerprint density at radius 1 is 0.315 bits per heavy atom. The van der Waals surface area contributed by atoms with Crippen LogP contribution in [0.1, 0.15) is 303 Å². The Morgan fingerprint density at radius 2 is 0.574 bits per heavy atom. The first kappa shape index (κ1) is 51.2. The average molecular weight is 756 g/mol. The molecule has 1 aromatic rings. The molecule has 0 spiro atoms. The normalized spacial score (nSPS) is 11.7. The smallest absolute Gasteiger partial charge is 0.234 e. The second-order valence-corrected chi connectivity index (χ2v) is 18.0. The first-order chi connectivity index (χ1) is 26.8. The van der Waals surface area contributed by atoms with Gasteiger partial charge >= 0.3 is 0 Å². The van der Waals surface area contributed by atoms with Gasteiger partial charge in [0.05, 0.1) is 13.1 Å². The van der Waals surface area contributed by atoms with E-state index >= 15 is 0 Å². The largest absolute Gasteiger partial charge is 0.256 e. The summed E-state index contributed by atoms with van der Waals surface area (Å²) in [6.45, 7) is 9.42. The van der Waals surface area contributed by atoms with E-state index in [1.54, 1.807) is 5.82 Å². The zero-order chi connectivity index (χ0) is 38.7. The molecule has 0 fully saturated rings. The lowest BCUT2D eigenvalue weighted by atomic mass is 10.0. The lowest BCUT2D eigenvalue weighted by Gasteiger charge is -2.07. The summed E-state index contributed by atoms with van der Waals surface area (Å²) in [5.41, 5.74) is 0. The summed E-state index contributed by atoms with van der Waals surface area (Å²) in [4.78, 5) is 0. The van der Waals surface area contributed by atoms with Gasteiger partial charge in [-0.1, -0.05) is 265 Å². The number of hydrogen-bond donors (Lipinski definition) is 0. The van der Waals surface area contributed by atoms with Crippen LogP contribution in [-0.4, -0.2) is 4.57 Å². The third-order valence-corrected chi connectivity index (χ3v) is 12.6. The topological polar surface area (TPSA) is 8.81 Å². The molecule has 54 heavy (non-hydrogen) atoms. The Balaban J connectivity index is 2.24. The van der Waals surface area contributed by atoms with Gasteiger partial charge in [-0.05, 0) is 32.1 Å². The van der Waals surface area contributed by atoms with Crippen LogP contribution in [0.25, 0.3) is 0 Å². The minimum Gasteiger partial charge on any atom is -0.234 e. The SMILES string of the molecule is CCCCCCCCCCCCCCCCCCCn1cc[n+](CCCCCCCCCCCCCC)c1CCCCCCCCCCCCCCCC. The van der Waals surface area contributed by atoms with E-state index in [-0.39, 0.29) is 0 Å². The van der Waals surface area contributed by atoms with Crippen molar-refractivity contribution < 1.29 is 4.57 Å². The number of rotatable bonds is 46. The van der Waals surface area contributed by atoms with Crippen LogP contribution in [0.3, 0.4) is 0 Å². The lowest BCUT2D eigenvalue weighted by Crippen LogP contribution is -2.37. The van der Waals surface area contributed by atoms with Crippen molar-refractivity contribution in [1.29, 1.82) is 0 Å². The summed E-state index contributed by atoms with van der Waals surface area (Å²) in [5.74, 6) is 1.63. The van der Waals surface area contributed by atoms with E-state index in [0.29, 0.717) is 0 Å². The highest BCUT2D eigenvalue weighted by Crippen LogP contribution is 2.17. The molecular formula is C52H103N2+. The summed E-state index contributed by atoms with van der Waals surface area (Å²) in [6, 6.07) is 0. The maximum absolute atomic E-state index is 2.66. The zero-order valence-corrected chi connectivity index (χ0v) is 38.1. The molecule has 0 N–H and O–H groups in total. The maximum atomic E-state index is 2.66. The molecular weight excluding hydrogens is 653 g/mol. The predicted octanol–water partition coefficient (Wildman–Crippen LogP) is 18.2. The van der Waals surface area contributed by atoms with Crippen LogP contribution < -0.4 is 4.57 Å². The van der Waals surface area contributed by atoms with Gasteiger partial charge < -0.3 is 0 Å². The highest BCUT2D eigenvalue weighted by molar-refractivity contribution is 4.84. The summed E-state index contributed by atoms with van der Waals surface area (Å²) in [7, 11) is 0. The zero-order valence-electron chi connectivity index (χ0n) is 38.1. The molecule has 0 bridgehead atoms. The summed E-state index contributed by atoms with van der Waals surface area (Å²) in [6.07, 6.45) is 68.3. The number of nitrogens with zero attached hydrogens (tertiary/aromatic N) is 2. The number of aryl methyl sites for hydroxylation is 2. The molecule has 2 heteroatoms. The molecule has 320 valence electrons. The Labute approximate surface area is 342 Å². The molecule has 0 aliphatic carbocycles. The fraction of sp³-hybridized carbons (Fsp3) is 0.942. The monoisotopic (exact) mass is 756 g/mol. The Morgan fingerprint density at radius 3 is 0.889 bits per heavy atom. The van der Waals surface area contributed by atoms with E-state index < -0.39 is 0 Å². The van der Waals surface area contributed by atoms with Crippen LogP contribution >= 0.6 is 0 Å². The van der Waals surface area contributed by atoms with Crippen molar-refractivity contribution in [1.82, 2.24) is 4.57 Å². The molecule has 0 saturated carbocycles. The molecule has 0 aliphatic heterocycles. The highest BCUT2D eigenvalue weighted by atomic mass is 15.1. The second kappa shape index (κ2) is 43.3. The number of aromatic nitrogens is 2. The van der Waals surface area contributed by atoms with Crippen LogP contribution in [0, 0.1) is 0 Å². The van der Waals surface area contributed by atoms with Crippen LogP contribution in [-0.2, 0) is 19.5 Å². The molecule has 0 aromatic carbocycles. The quantitative estimate of drug-likeness (QED) is 0.0463. The fourth-order valence-corrected chi connectivity index (χ4v) is 8.80. The van der Waals surface area contributed by atoms with E-state index in [4.69, 9.17) is 0 Å². The molecule has 1 aromatic heterocycles. The minimum absolute atomic E-state index is 1.23. The summed E-state index contributed by atoms with van der Waals surface area (Å²) in [5, 5.41) is 0. The standard InChI is InChI=1S/C52H103N2/c1-4-7-10-13-16-19-22-25-27-28-29-31-34-37-40-43-46-49-54-51-50-53(48-45-42-39-36-33-24-21-18-15-12-9-6-3)52(54)47-44-41-38-35-32-30-26-23-20-17-14-11-8-5-2/h50-51H,4-49H2,1-3H3/q+1. The van der Waals surface area contributed by atoms with Crippen LogP contribution in [0.4, 0.5) is 0 Å². The maximum Gasteiger partial charge on any atom is 0.256 e. The van der Waals surface area contributed by atoms with Crippen LogP contribution in [0.5, 0.6) is 0 Å². The van der Waals surface area contributed by atoms with Crippen molar-refractivity contribution in [3.63, 3.8) is 0 Å². The van der Waals surface area contributed by atoms with E-state index in [1.807, 2.05) is 0 Å². The third kappa shape index (κ3) is 34.5. The number of hydrogen-bond acceptors (Lipinski definition) is 0. The molecule has 2 nitrogen and oxygen atoms in total. The Hall–Kier alpha value is -0.790. The fourth-order valence-electron chi connectivity index (χ4n) is 8.80. The molecule has 0 atom stereocenters. The van der Waals surface area contributed by atoms with Gasteiger partial charge in [0.2, 0.25) is 0 Å². The van der Waals surface area contributed by atoms with Gasteiger partial charge in [0, 0.05) is 6.42 Å². The molecule has 1 rings (SSSR count). The van der Waals surface area contributed by atoms with Crippen molar-refractivity contribution in [2.75, 3.05) is 0 Å². The van der Waals surface area contributed by atoms with Gasteiger partial charge in [0.25, 0.3) is 5.82 Å². The first-order valence-corrected chi connectivity index (χ1v) is 25.9. The third-order valence-electron chi connectivity index (χ3n) is 12.6. The number of imidazole rings is 1. The summed E-state index contributed by atoms with van der Waals surface area (Å²) >= 11 is 0. The van der Waals surface area contributed by atoms with Gasteiger partial charge in [0.15, 0.2) is 0 Å². The Bertz CT molecular complexity index is 826. The van der Waals surface area contributed by atoms with Crippen molar-refractivity contribution in [3.05, 3.63) is 18.2 Å². The predicted molar refractivity (Wildman–Crippen MR) is 244 cm³/mol. The van der Waals surface area contributed by atoms with Gasteiger partial charge in [-0.3, -0.25) is 0 Å².